The van der Waals surface area contributed by atoms with E-state index < -0.39 is 17.7 Å². The fourth-order valence-corrected chi connectivity index (χ4v) is 4.28. The van der Waals surface area contributed by atoms with E-state index in [0.29, 0.717) is 22.1 Å². The maximum atomic E-state index is 13.3. The molecule has 3 aromatic carbocycles. The molecule has 2 heterocycles. The normalized spacial score (nSPS) is 15.0. The third-order valence-corrected chi connectivity index (χ3v) is 5.94. The molecule has 0 fully saturated rings. The zero-order valence-electron chi connectivity index (χ0n) is 18.3. The van der Waals surface area contributed by atoms with Crippen molar-refractivity contribution in [1.29, 1.82) is 0 Å². The van der Waals surface area contributed by atoms with Gasteiger partial charge in [-0.15, -0.1) is 0 Å². The molecule has 5 rings (SSSR count). The van der Waals surface area contributed by atoms with E-state index in [4.69, 9.17) is 18.6 Å². The van der Waals surface area contributed by atoms with Crippen LogP contribution in [0, 0.1) is 5.82 Å². The average Bonchev–Trinajstić information content (AvgIpc) is 2.84. The van der Waals surface area contributed by atoms with Crippen LogP contribution in [0.1, 0.15) is 23.5 Å². The summed E-state index contributed by atoms with van der Waals surface area (Å²) in [6, 6.07) is 11.9. The molecule has 4 aromatic rings. The molecule has 0 aliphatic carbocycles. The highest BCUT2D eigenvalue weighted by Crippen LogP contribution is 2.46. The fraction of sp³-hybridized carbons (Fsp3) is 0.154. The van der Waals surface area contributed by atoms with Gasteiger partial charge in [0.05, 0.1) is 31.6 Å². The standard InChI is InChI=1S/C26H19FO7/c1-31-20-9-14(10-21(32-2)25(20)30)17-11-22(28)34-19-8-7-16-24(29)18(12-33-26(16)23(17)19)13-3-5-15(27)6-4-13/h3-10,12,17,30H,11H2,1-2H3. The molecular formula is C26H19FO7. The van der Waals surface area contributed by atoms with Crippen LogP contribution in [0.4, 0.5) is 4.39 Å². The summed E-state index contributed by atoms with van der Waals surface area (Å²) >= 11 is 0. The number of benzene rings is 3. The molecular weight excluding hydrogens is 443 g/mol. The lowest BCUT2D eigenvalue weighted by Gasteiger charge is -2.26. The van der Waals surface area contributed by atoms with Crippen molar-refractivity contribution >= 4 is 16.9 Å². The van der Waals surface area contributed by atoms with E-state index >= 15 is 0 Å². The van der Waals surface area contributed by atoms with Crippen molar-refractivity contribution < 1.29 is 32.9 Å². The fourth-order valence-electron chi connectivity index (χ4n) is 4.28. The number of halogens is 1. The van der Waals surface area contributed by atoms with Crippen molar-refractivity contribution in [3.8, 4) is 34.1 Å². The van der Waals surface area contributed by atoms with Crippen LogP contribution in [0.25, 0.3) is 22.1 Å². The molecule has 0 radical (unpaired) electrons. The summed E-state index contributed by atoms with van der Waals surface area (Å²) in [4.78, 5) is 25.7. The monoisotopic (exact) mass is 462 g/mol. The molecule has 1 aliphatic rings. The summed E-state index contributed by atoms with van der Waals surface area (Å²) in [5, 5.41) is 10.6. The van der Waals surface area contributed by atoms with Gasteiger partial charge < -0.3 is 23.7 Å². The summed E-state index contributed by atoms with van der Waals surface area (Å²) in [5.41, 5.74) is 1.91. The predicted molar refractivity (Wildman–Crippen MR) is 121 cm³/mol. The highest BCUT2D eigenvalue weighted by Gasteiger charge is 2.33. The number of phenolic OH excluding ortho intramolecular Hbond substituents is 1. The molecule has 1 aromatic heterocycles. The molecule has 34 heavy (non-hydrogen) atoms. The molecule has 1 unspecified atom stereocenters. The second kappa shape index (κ2) is 8.22. The Balaban J connectivity index is 1.73. The Morgan fingerprint density at radius 1 is 1.00 bits per heavy atom. The number of esters is 1. The Kier molecular flexibility index (Phi) is 5.20. The van der Waals surface area contributed by atoms with Crippen molar-refractivity contribution in [2.75, 3.05) is 14.2 Å². The number of carbonyl (C=O) groups excluding carboxylic acids is 1. The van der Waals surface area contributed by atoms with Gasteiger partial charge in [-0.05, 0) is 47.5 Å². The number of ether oxygens (including phenoxy) is 3. The summed E-state index contributed by atoms with van der Waals surface area (Å²) in [7, 11) is 2.82. The molecule has 0 bridgehead atoms. The van der Waals surface area contributed by atoms with Gasteiger partial charge in [-0.25, -0.2) is 4.39 Å². The van der Waals surface area contributed by atoms with Crippen LogP contribution in [0.2, 0.25) is 0 Å². The first-order chi connectivity index (χ1) is 16.4. The van der Waals surface area contributed by atoms with Crippen molar-refractivity contribution in [2.24, 2.45) is 0 Å². The number of hydrogen-bond acceptors (Lipinski definition) is 7. The minimum Gasteiger partial charge on any atom is -0.502 e. The van der Waals surface area contributed by atoms with Crippen molar-refractivity contribution in [1.82, 2.24) is 0 Å². The number of methoxy groups -OCH3 is 2. The van der Waals surface area contributed by atoms with Crippen LogP contribution in [0.5, 0.6) is 23.0 Å². The third-order valence-electron chi connectivity index (χ3n) is 5.94. The van der Waals surface area contributed by atoms with Gasteiger partial charge in [0.25, 0.3) is 0 Å². The summed E-state index contributed by atoms with van der Waals surface area (Å²) in [6.45, 7) is 0. The maximum Gasteiger partial charge on any atom is 0.312 e. The number of phenols is 1. The smallest absolute Gasteiger partial charge is 0.312 e. The second-order valence-corrected chi connectivity index (χ2v) is 7.84. The van der Waals surface area contributed by atoms with Crippen molar-refractivity contribution in [3.05, 3.63) is 82.0 Å². The SMILES string of the molecule is COc1cc(C2CC(=O)Oc3ccc4c(=O)c(-c5ccc(F)cc5)coc4c32)cc(OC)c1O. The zero-order valence-corrected chi connectivity index (χ0v) is 18.3. The number of aromatic hydroxyl groups is 1. The number of fused-ring (bicyclic) bond motifs is 3. The van der Waals surface area contributed by atoms with Gasteiger partial charge in [-0.1, -0.05) is 12.1 Å². The molecule has 1 atom stereocenters. The van der Waals surface area contributed by atoms with Gasteiger partial charge in [0.2, 0.25) is 11.2 Å². The van der Waals surface area contributed by atoms with Gasteiger partial charge >= 0.3 is 5.97 Å². The van der Waals surface area contributed by atoms with Gasteiger partial charge in [0, 0.05) is 11.5 Å². The lowest BCUT2D eigenvalue weighted by Crippen LogP contribution is -2.22. The summed E-state index contributed by atoms with van der Waals surface area (Å²) in [5.74, 6) is -0.952. The minimum absolute atomic E-state index is 0.0212. The maximum absolute atomic E-state index is 13.3. The highest BCUT2D eigenvalue weighted by molar-refractivity contribution is 5.90. The van der Waals surface area contributed by atoms with Crippen LogP contribution in [0.15, 0.2) is 64.0 Å². The summed E-state index contributed by atoms with van der Waals surface area (Å²) < 4.78 is 35.2. The van der Waals surface area contributed by atoms with Gasteiger partial charge in [0.15, 0.2) is 11.5 Å². The molecule has 7 nitrogen and oxygen atoms in total. The van der Waals surface area contributed by atoms with Crippen LogP contribution >= 0.6 is 0 Å². The topological polar surface area (TPSA) is 95.2 Å². The Morgan fingerprint density at radius 2 is 1.68 bits per heavy atom. The minimum atomic E-state index is -0.553. The predicted octanol–water partition coefficient (Wildman–Crippen LogP) is 4.76. The molecule has 0 saturated heterocycles. The largest absolute Gasteiger partial charge is 0.502 e. The first-order valence-corrected chi connectivity index (χ1v) is 10.4. The molecule has 0 amide bonds. The average molecular weight is 462 g/mol. The molecule has 1 aliphatic heterocycles. The first kappa shape index (κ1) is 21.5. The Morgan fingerprint density at radius 3 is 2.32 bits per heavy atom. The van der Waals surface area contributed by atoms with Crippen molar-refractivity contribution in [2.45, 2.75) is 12.3 Å². The lowest BCUT2D eigenvalue weighted by atomic mass is 9.84. The number of rotatable bonds is 4. The van der Waals surface area contributed by atoms with E-state index in [0.717, 1.165) is 0 Å². The molecule has 0 spiro atoms. The Bertz CT molecular complexity index is 1460. The molecule has 8 heteroatoms. The lowest BCUT2D eigenvalue weighted by molar-refractivity contribution is -0.135. The van der Waals surface area contributed by atoms with Crippen molar-refractivity contribution in [3.63, 3.8) is 0 Å². The second-order valence-electron chi connectivity index (χ2n) is 7.84. The highest BCUT2D eigenvalue weighted by atomic mass is 19.1. The number of carbonyl (C=O) groups is 1. The zero-order chi connectivity index (χ0) is 24.0. The third kappa shape index (κ3) is 3.44. The van der Waals surface area contributed by atoms with Gasteiger partial charge in [0.1, 0.15) is 23.4 Å². The summed E-state index contributed by atoms with van der Waals surface area (Å²) in [6.07, 6.45) is 1.30. The number of hydrogen-bond donors (Lipinski definition) is 1. The van der Waals surface area contributed by atoms with Gasteiger partial charge in [-0.3, -0.25) is 9.59 Å². The van der Waals surface area contributed by atoms with Gasteiger partial charge in [-0.2, -0.15) is 0 Å². The van der Waals surface area contributed by atoms with E-state index in [9.17, 15) is 19.1 Å². The Labute approximate surface area is 192 Å². The van der Waals surface area contributed by atoms with Crippen LogP contribution in [-0.4, -0.2) is 25.3 Å². The van der Waals surface area contributed by atoms with E-state index in [2.05, 4.69) is 0 Å². The van der Waals surface area contributed by atoms with Crippen LogP contribution in [-0.2, 0) is 4.79 Å². The first-order valence-electron chi connectivity index (χ1n) is 10.4. The van der Waals surface area contributed by atoms with Crippen LogP contribution in [0.3, 0.4) is 0 Å². The molecule has 172 valence electrons. The molecule has 0 saturated carbocycles. The van der Waals surface area contributed by atoms with E-state index in [1.165, 1.54) is 44.7 Å². The van der Waals surface area contributed by atoms with E-state index in [1.54, 1.807) is 24.3 Å². The van der Waals surface area contributed by atoms with E-state index in [1.807, 2.05) is 0 Å². The molecule has 1 N–H and O–H groups in total. The van der Waals surface area contributed by atoms with E-state index in [-0.39, 0.29) is 46.0 Å². The quantitative estimate of drug-likeness (QED) is 0.345. The Hall–Kier alpha value is -4.33. The van der Waals surface area contributed by atoms with Crippen LogP contribution < -0.4 is 19.6 Å².